The number of hydrogen-bond donors (Lipinski definition) is 2. The summed E-state index contributed by atoms with van der Waals surface area (Å²) in [5, 5.41) is 12.9. The van der Waals surface area contributed by atoms with E-state index < -0.39 is 29.9 Å². The molecule has 20 heavy (non-hydrogen) atoms. The van der Waals surface area contributed by atoms with Crippen molar-refractivity contribution >= 4 is 12.1 Å². The Morgan fingerprint density at radius 3 is 2.40 bits per heavy atom. The summed E-state index contributed by atoms with van der Waals surface area (Å²) in [6.45, 7) is 5.34. The number of amides is 1. The number of rotatable bonds is 1. The molecule has 2 rings (SSSR count). The third kappa shape index (κ3) is 2.73. The molecule has 0 aromatic carbocycles. The second-order valence-electron chi connectivity index (χ2n) is 6.21. The van der Waals surface area contributed by atoms with Crippen molar-refractivity contribution < 1.29 is 24.2 Å². The van der Waals surface area contributed by atoms with E-state index in [1.807, 2.05) is 0 Å². The van der Waals surface area contributed by atoms with Crippen molar-refractivity contribution in [3.63, 3.8) is 0 Å². The molecule has 0 spiro atoms. The predicted octanol–water partition coefficient (Wildman–Crippen LogP) is 0.218. The fourth-order valence-corrected chi connectivity index (χ4v) is 2.85. The first-order chi connectivity index (χ1) is 9.24. The zero-order valence-electron chi connectivity index (χ0n) is 12.3. The highest BCUT2D eigenvalue weighted by Crippen LogP contribution is 2.34. The van der Waals surface area contributed by atoms with Crippen molar-refractivity contribution in [2.45, 2.75) is 63.6 Å². The summed E-state index contributed by atoms with van der Waals surface area (Å²) in [4.78, 5) is 25.5. The Hall–Kier alpha value is -1.34. The Bertz CT molecular complexity index is 406. The quantitative estimate of drug-likeness (QED) is 0.670. The van der Waals surface area contributed by atoms with E-state index in [0.29, 0.717) is 12.8 Å². The largest absolute Gasteiger partial charge is 0.468 e. The fourth-order valence-electron chi connectivity index (χ4n) is 2.85. The first-order valence-electron chi connectivity index (χ1n) is 6.78. The van der Waals surface area contributed by atoms with Gasteiger partial charge in [-0.15, -0.1) is 0 Å². The van der Waals surface area contributed by atoms with Crippen LogP contribution < -0.4 is 5.32 Å². The molecular weight excluding hydrogens is 264 g/mol. The van der Waals surface area contributed by atoms with Gasteiger partial charge >= 0.3 is 12.1 Å². The Balaban J connectivity index is 2.20. The number of piperazine rings is 1. The number of hydrogen-bond acceptors (Lipinski definition) is 6. The van der Waals surface area contributed by atoms with E-state index in [2.05, 4.69) is 5.32 Å². The molecule has 1 amide bonds. The van der Waals surface area contributed by atoms with Crippen LogP contribution in [0.5, 0.6) is 0 Å². The van der Waals surface area contributed by atoms with Crippen molar-refractivity contribution in [3.05, 3.63) is 0 Å². The number of fused-ring (bicyclic) bond motifs is 2. The number of ether oxygens (including phenoxy) is 2. The average Bonchev–Trinajstić information content (AvgIpc) is 2.70. The van der Waals surface area contributed by atoms with Crippen molar-refractivity contribution in [1.82, 2.24) is 10.2 Å². The van der Waals surface area contributed by atoms with Crippen LogP contribution >= 0.6 is 0 Å². The molecule has 2 saturated heterocycles. The molecule has 7 nitrogen and oxygen atoms in total. The number of aliphatic hydroxyl groups excluding tert-OH is 1. The summed E-state index contributed by atoms with van der Waals surface area (Å²) in [5.41, 5.74) is -0.618. The van der Waals surface area contributed by atoms with E-state index in [1.54, 1.807) is 20.8 Å². The molecule has 2 N–H and O–H groups in total. The minimum atomic E-state index is -0.953. The van der Waals surface area contributed by atoms with Gasteiger partial charge in [-0.2, -0.15) is 0 Å². The van der Waals surface area contributed by atoms with Gasteiger partial charge in [0.05, 0.1) is 19.2 Å². The van der Waals surface area contributed by atoms with Gasteiger partial charge in [-0.05, 0) is 33.6 Å². The maximum Gasteiger partial charge on any atom is 0.410 e. The molecule has 2 aliphatic heterocycles. The van der Waals surface area contributed by atoms with Gasteiger partial charge < -0.3 is 14.6 Å². The first-order valence-corrected chi connectivity index (χ1v) is 6.78. The van der Waals surface area contributed by atoms with Crippen LogP contribution in [0.4, 0.5) is 4.79 Å². The molecule has 0 radical (unpaired) electrons. The summed E-state index contributed by atoms with van der Waals surface area (Å²) < 4.78 is 10.1. The zero-order chi connectivity index (χ0) is 15.1. The van der Waals surface area contributed by atoms with Gasteiger partial charge in [0.1, 0.15) is 17.9 Å². The molecular formula is C13H22N2O5. The standard InChI is InChI=1S/C13H22N2O5/c1-13(2,3)20-12(18)15-7-5-6-8(15)10(16)14-9(7)11(17)19-4/h7-10,14,16H,5-6H2,1-4H3. The molecule has 4 atom stereocenters. The summed E-state index contributed by atoms with van der Waals surface area (Å²) in [7, 11) is 1.29. The number of carbonyl (C=O) groups is 2. The second kappa shape index (κ2) is 5.21. The summed E-state index contributed by atoms with van der Waals surface area (Å²) in [6.07, 6.45) is -0.191. The van der Waals surface area contributed by atoms with Gasteiger partial charge in [-0.25, -0.2) is 4.79 Å². The van der Waals surface area contributed by atoms with E-state index in [-0.39, 0.29) is 12.1 Å². The number of methoxy groups -OCH3 is 1. The Morgan fingerprint density at radius 2 is 1.85 bits per heavy atom. The zero-order valence-corrected chi connectivity index (χ0v) is 12.3. The predicted molar refractivity (Wildman–Crippen MR) is 69.8 cm³/mol. The molecule has 0 aliphatic carbocycles. The topological polar surface area (TPSA) is 88.1 Å². The van der Waals surface area contributed by atoms with Crippen LogP contribution in [0.15, 0.2) is 0 Å². The van der Waals surface area contributed by atoms with Gasteiger partial charge in [-0.3, -0.25) is 15.0 Å². The van der Waals surface area contributed by atoms with Gasteiger partial charge in [0, 0.05) is 0 Å². The molecule has 2 bridgehead atoms. The second-order valence-corrected chi connectivity index (χ2v) is 6.21. The third-order valence-corrected chi connectivity index (χ3v) is 3.63. The molecule has 0 saturated carbocycles. The van der Waals surface area contributed by atoms with Crippen LogP contribution in [0, 0.1) is 0 Å². The van der Waals surface area contributed by atoms with E-state index in [1.165, 1.54) is 12.0 Å². The normalized spacial score (nSPS) is 33.0. The fraction of sp³-hybridized carbons (Fsp3) is 0.846. The molecule has 7 heteroatoms. The third-order valence-electron chi connectivity index (χ3n) is 3.63. The molecule has 2 fully saturated rings. The minimum absolute atomic E-state index is 0.342. The van der Waals surface area contributed by atoms with Crippen LogP contribution in [0.3, 0.4) is 0 Å². The van der Waals surface area contributed by atoms with E-state index >= 15 is 0 Å². The molecule has 0 aromatic heterocycles. The lowest BCUT2D eigenvalue weighted by Gasteiger charge is -2.42. The maximum absolute atomic E-state index is 12.3. The molecule has 2 heterocycles. The van der Waals surface area contributed by atoms with Gasteiger partial charge in [0.2, 0.25) is 0 Å². The SMILES string of the molecule is COC(=O)C1NC(O)C2CCC1N2C(=O)OC(C)(C)C. The Labute approximate surface area is 118 Å². The molecule has 4 unspecified atom stereocenters. The highest BCUT2D eigenvalue weighted by molar-refractivity contribution is 5.79. The lowest BCUT2D eigenvalue weighted by molar-refractivity contribution is -0.149. The maximum atomic E-state index is 12.3. The van der Waals surface area contributed by atoms with Crippen molar-refractivity contribution in [2.75, 3.05) is 7.11 Å². The first kappa shape index (κ1) is 15.1. The number of aliphatic hydroxyl groups is 1. The number of nitrogens with zero attached hydrogens (tertiary/aromatic N) is 1. The minimum Gasteiger partial charge on any atom is -0.468 e. The number of esters is 1. The smallest absolute Gasteiger partial charge is 0.410 e. The lowest BCUT2D eigenvalue weighted by atomic mass is 10.1. The van der Waals surface area contributed by atoms with Gasteiger partial charge in [0.25, 0.3) is 0 Å². The van der Waals surface area contributed by atoms with Crippen LogP contribution in [0.2, 0.25) is 0 Å². The van der Waals surface area contributed by atoms with E-state index in [0.717, 1.165) is 0 Å². The van der Waals surface area contributed by atoms with Crippen LogP contribution in [0.25, 0.3) is 0 Å². The molecule has 2 aliphatic rings. The van der Waals surface area contributed by atoms with Crippen LogP contribution in [0.1, 0.15) is 33.6 Å². The molecule has 114 valence electrons. The highest BCUT2D eigenvalue weighted by Gasteiger charge is 2.52. The summed E-state index contributed by atoms with van der Waals surface area (Å²) in [6, 6.07) is -1.43. The highest BCUT2D eigenvalue weighted by atomic mass is 16.6. The van der Waals surface area contributed by atoms with Crippen LogP contribution in [-0.4, -0.2) is 59.1 Å². The van der Waals surface area contributed by atoms with Crippen molar-refractivity contribution in [1.29, 1.82) is 0 Å². The summed E-state index contributed by atoms with van der Waals surface area (Å²) >= 11 is 0. The van der Waals surface area contributed by atoms with E-state index in [4.69, 9.17) is 9.47 Å². The Kier molecular flexibility index (Phi) is 3.93. The van der Waals surface area contributed by atoms with Crippen LogP contribution in [-0.2, 0) is 14.3 Å². The molecule has 0 aromatic rings. The van der Waals surface area contributed by atoms with Gasteiger partial charge in [0.15, 0.2) is 0 Å². The Morgan fingerprint density at radius 1 is 1.25 bits per heavy atom. The summed E-state index contributed by atoms with van der Waals surface area (Å²) in [5.74, 6) is -0.483. The lowest BCUT2D eigenvalue weighted by Crippen LogP contribution is -2.67. The number of carbonyl (C=O) groups excluding carboxylic acids is 2. The monoisotopic (exact) mass is 286 g/mol. The average molecular weight is 286 g/mol. The van der Waals surface area contributed by atoms with Crippen molar-refractivity contribution in [2.24, 2.45) is 0 Å². The van der Waals surface area contributed by atoms with Gasteiger partial charge in [-0.1, -0.05) is 0 Å². The number of nitrogens with one attached hydrogen (secondary N) is 1. The van der Waals surface area contributed by atoms with E-state index in [9.17, 15) is 14.7 Å². The van der Waals surface area contributed by atoms with Crippen molar-refractivity contribution in [3.8, 4) is 0 Å².